The van der Waals surface area contributed by atoms with Crippen LogP contribution in [0, 0.1) is 5.82 Å². The molecule has 3 N–H and O–H groups in total. The minimum atomic E-state index is -0.235. The van der Waals surface area contributed by atoms with E-state index >= 15 is 0 Å². The Morgan fingerprint density at radius 3 is 2.65 bits per heavy atom. The lowest BCUT2D eigenvalue weighted by Gasteiger charge is -2.27. The molecule has 0 radical (unpaired) electrons. The Balaban J connectivity index is 2.02. The molecule has 1 saturated carbocycles. The third-order valence-corrected chi connectivity index (χ3v) is 3.30. The molecule has 4 heteroatoms. The zero-order chi connectivity index (χ0) is 12.3. The van der Waals surface area contributed by atoms with E-state index in [2.05, 4.69) is 5.32 Å². The molecule has 2 rings (SSSR count). The minimum absolute atomic E-state index is 0.235. The van der Waals surface area contributed by atoms with Crippen molar-refractivity contribution in [1.29, 1.82) is 0 Å². The van der Waals surface area contributed by atoms with Gasteiger partial charge in [-0.25, -0.2) is 4.39 Å². The number of rotatable bonds is 3. The second-order valence-corrected chi connectivity index (χ2v) is 4.60. The van der Waals surface area contributed by atoms with Crippen LogP contribution in [0.1, 0.15) is 25.7 Å². The molecular formula is C13H19FN2O. The van der Waals surface area contributed by atoms with Crippen molar-refractivity contribution >= 4 is 5.69 Å². The maximum absolute atomic E-state index is 13.6. The van der Waals surface area contributed by atoms with Gasteiger partial charge >= 0.3 is 0 Å². The van der Waals surface area contributed by atoms with Crippen molar-refractivity contribution in [3.8, 4) is 5.75 Å². The molecule has 0 heterocycles. The van der Waals surface area contributed by atoms with Crippen molar-refractivity contribution < 1.29 is 9.13 Å². The summed E-state index contributed by atoms with van der Waals surface area (Å²) in [4.78, 5) is 0. The molecule has 0 aromatic heterocycles. The van der Waals surface area contributed by atoms with E-state index in [9.17, 15) is 4.39 Å². The van der Waals surface area contributed by atoms with Gasteiger partial charge in [-0.05, 0) is 37.8 Å². The van der Waals surface area contributed by atoms with Gasteiger partial charge in [-0.3, -0.25) is 0 Å². The van der Waals surface area contributed by atoms with E-state index in [-0.39, 0.29) is 5.82 Å². The first kappa shape index (κ1) is 12.2. The summed E-state index contributed by atoms with van der Waals surface area (Å²) in [7, 11) is 1.58. The number of hydrogen-bond donors (Lipinski definition) is 2. The molecule has 94 valence electrons. The second kappa shape index (κ2) is 5.36. The van der Waals surface area contributed by atoms with Crippen LogP contribution >= 0.6 is 0 Å². The molecule has 1 fully saturated rings. The van der Waals surface area contributed by atoms with Crippen LogP contribution in [0.15, 0.2) is 18.2 Å². The molecule has 17 heavy (non-hydrogen) atoms. The Kier molecular flexibility index (Phi) is 3.84. The quantitative estimate of drug-likeness (QED) is 0.850. The maximum atomic E-state index is 13.6. The van der Waals surface area contributed by atoms with Gasteiger partial charge in [-0.2, -0.15) is 0 Å². The van der Waals surface area contributed by atoms with E-state index in [1.165, 1.54) is 6.07 Å². The fourth-order valence-electron chi connectivity index (χ4n) is 2.23. The summed E-state index contributed by atoms with van der Waals surface area (Å²) in [6.45, 7) is 0. The van der Waals surface area contributed by atoms with Crippen molar-refractivity contribution in [3.63, 3.8) is 0 Å². The third-order valence-electron chi connectivity index (χ3n) is 3.30. The zero-order valence-electron chi connectivity index (χ0n) is 10.1. The van der Waals surface area contributed by atoms with Crippen molar-refractivity contribution in [1.82, 2.24) is 0 Å². The van der Waals surface area contributed by atoms with E-state index < -0.39 is 0 Å². The summed E-state index contributed by atoms with van der Waals surface area (Å²) < 4.78 is 18.7. The fraction of sp³-hybridized carbons (Fsp3) is 0.538. The topological polar surface area (TPSA) is 47.3 Å². The lowest BCUT2D eigenvalue weighted by Crippen LogP contribution is -2.33. The van der Waals surface area contributed by atoms with Crippen LogP contribution in [-0.2, 0) is 0 Å². The lowest BCUT2D eigenvalue weighted by molar-refractivity contribution is 0.406. The van der Waals surface area contributed by atoms with E-state index in [4.69, 9.17) is 10.5 Å². The zero-order valence-corrected chi connectivity index (χ0v) is 10.1. The maximum Gasteiger partial charge on any atom is 0.146 e. The van der Waals surface area contributed by atoms with Gasteiger partial charge in [-0.15, -0.1) is 0 Å². The lowest BCUT2D eigenvalue weighted by atomic mass is 9.91. The summed E-state index contributed by atoms with van der Waals surface area (Å²) in [6, 6.07) is 5.37. The molecule has 0 bridgehead atoms. The normalized spacial score (nSPS) is 24.4. The van der Waals surface area contributed by atoms with Crippen LogP contribution in [0.25, 0.3) is 0 Å². The predicted molar refractivity (Wildman–Crippen MR) is 66.8 cm³/mol. The molecule has 0 spiro atoms. The highest BCUT2D eigenvalue weighted by Gasteiger charge is 2.19. The SMILES string of the molecule is COc1ccc(F)c(NC2CCC(N)CC2)c1. The summed E-state index contributed by atoms with van der Waals surface area (Å²) in [5.41, 5.74) is 6.36. The number of methoxy groups -OCH3 is 1. The van der Waals surface area contributed by atoms with Crippen molar-refractivity contribution in [2.75, 3.05) is 12.4 Å². The van der Waals surface area contributed by atoms with Crippen molar-refractivity contribution in [3.05, 3.63) is 24.0 Å². The first-order valence-electron chi connectivity index (χ1n) is 6.04. The first-order chi connectivity index (χ1) is 8.19. The van der Waals surface area contributed by atoms with Gasteiger partial charge in [0, 0.05) is 18.2 Å². The monoisotopic (exact) mass is 238 g/mol. The highest BCUT2D eigenvalue weighted by Crippen LogP contribution is 2.25. The molecule has 0 saturated heterocycles. The average Bonchev–Trinajstić information content (AvgIpc) is 2.35. The summed E-state index contributed by atoms with van der Waals surface area (Å²) >= 11 is 0. The minimum Gasteiger partial charge on any atom is -0.497 e. The molecule has 0 unspecified atom stereocenters. The number of nitrogens with two attached hydrogens (primary N) is 1. The Labute approximate surface area is 101 Å². The summed E-state index contributed by atoms with van der Waals surface area (Å²) in [6.07, 6.45) is 4.00. The number of ether oxygens (including phenoxy) is 1. The largest absolute Gasteiger partial charge is 0.497 e. The fourth-order valence-corrected chi connectivity index (χ4v) is 2.23. The molecule has 1 aliphatic rings. The van der Waals surface area contributed by atoms with E-state index in [0.717, 1.165) is 25.7 Å². The van der Waals surface area contributed by atoms with Crippen molar-refractivity contribution in [2.45, 2.75) is 37.8 Å². The van der Waals surface area contributed by atoms with Crippen LogP contribution in [0.4, 0.5) is 10.1 Å². The molecule has 1 aliphatic carbocycles. The molecule has 3 nitrogen and oxygen atoms in total. The van der Waals surface area contributed by atoms with Crippen LogP contribution < -0.4 is 15.8 Å². The van der Waals surface area contributed by atoms with Gasteiger partial charge in [0.05, 0.1) is 12.8 Å². The van der Waals surface area contributed by atoms with Crippen LogP contribution in [-0.4, -0.2) is 19.2 Å². The third kappa shape index (κ3) is 3.09. The van der Waals surface area contributed by atoms with Gasteiger partial charge in [0.15, 0.2) is 0 Å². The van der Waals surface area contributed by atoms with E-state index in [1.807, 2.05) is 0 Å². The van der Waals surface area contributed by atoms with Crippen LogP contribution in [0.5, 0.6) is 5.75 Å². The summed E-state index contributed by atoms with van der Waals surface area (Å²) in [5.74, 6) is 0.432. The van der Waals surface area contributed by atoms with Crippen LogP contribution in [0.3, 0.4) is 0 Å². The van der Waals surface area contributed by atoms with Gasteiger partial charge in [0.1, 0.15) is 11.6 Å². The summed E-state index contributed by atoms with van der Waals surface area (Å²) in [5, 5.41) is 3.23. The number of anilines is 1. The number of nitrogens with one attached hydrogen (secondary N) is 1. The highest BCUT2D eigenvalue weighted by molar-refractivity contribution is 5.50. The predicted octanol–water partition coefficient (Wildman–Crippen LogP) is 2.52. The molecule has 0 atom stereocenters. The molecule has 1 aromatic carbocycles. The molecular weight excluding hydrogens is 219 g/mol. The first-order valence-corrected chi connectivity index (χ1v) is 6.04. The van der Waals surface area contributed by atoms with E-state index in [1.54, 1.807) is 19.2 Å². The van der Waals surface area contributed by atoms with Gasteiger partial charge in [0.25, 0.3) is 0 Å². The number of benzene rings is 1. The van der Waals surface area contributed by atoms with Gasteiger partial charge < -0.3 is 15.8 Å². The van der Waals surface area contributed by atoms with Gasteiger partial charge in [0.2, 0.25) is 0 Å². The number of hydrogen-bond acceptors (Lipinski definition) is 3. The average molecular weight is 238 g/mol. The van der Waals surface area contributed by atoms with E-state index in [0.29, 0.717) is 23.5 Å². The standard InChI is InChI=1S/C13H19FN2O/c1-17-11-6-7-12(14)13(8-11)16-10-4-2-9(15)3-5-10/h6-10,16H,2-5,15H2,1H3. The Hall–Kier alpha value is -1.29. The number of halogens is 1. The Morgan fingerprint density at radius 2 is 2.00 bits per heavy atom. The van der Waals surface area contributed by atoms with Gasteiger partial charge in [-0.1, -0.05) is 0 Å². The van der Waals surface area contributed by atoms with Crippen LogP contribution in [0.2, 0.25) is 0 Å². The highest BCUT2D eigenvalue weighted by atomic mass is 19.1. The van der Waals surface area contributed by atoms with Crippen molar-refractivity contribution in [2.24, 2.45) is 5.73 Å². The Bertz CT molecular complexity index is 376. The molecule has 0 aliphatic heterocycles. The molecule has 1 aromatic rings. The second-order valence-electron chi connectivity index (χ2n) is 4.60. The Morgan fingerprint density at radius 1 is 1.29 bits per heavy atom. The smallest absolute Gasteiger partial charge is 0.146 e. The molecule has 0 amide bonds.